The molecule has 0 bridgehead atoms. The zero-order chi connectivity index (χ0) is 53.9. The van der Waals surface area contributed by atoms with Crippen LogP contribution in [0.25, 0.3) is 0 Å². The van der Waals surface area contributed by atoms with Crippen LogP contribution in [0.3, 0.4) is 0 Å². The Morgan fingerprint density at radius 3 is 0.479 bits per heavy atom. The van der Waals surface area contributed by atoms with Crippen LogP contribution in [0.2, 0.25) is 0 Å². The molecule has 0 spiro atoms. The first kappa shape index (κ1) is 71.0. The lowest BCUT2D eigenvalue weighted by molar-refractivity contribution is -0.117. The Hall–Kier alpha value is -6.60. The Bertz CT molecular complexity index is 1210. The number of nitrogens with zero attached hydrogens (tertiary/aromatic N) is 8. The first-order chi connectivity index (χ1) is 34.6. The first-order valence-electron chi connectivity index (χ1n) is 22.4. The van der Waals surface area contributed by atoms with Crippen LogP contribution in [0.5, 0.6) is 0 Å². The minimum Gasteiger partial charge on any atom is -0.378 e. The molecule has 8 amide bonds. The van der Waals surface area contributed by atoms with Gasteiger partial charge in [0.05, 0.1) is 92.5 Å². The normalized spacial score (nSPS) is 9.52. The lowest BCUT2D eigenvalue weighted by atomic mass is 10.3. The van der Waals surface area contributed by atoms with E-state index in [1.165, 1.54) is 88.8 Å². The van der Waals surface area contributed by atoms with E-state index in [-0.39, 0.29) is 0 Å². The van der Waals surface area contributed by atoms with Crippen LogP contribution in [-0.4, -0.2) is 235 Å². The molecule has 0 heterocycles. The molecule has 0 rings (SSSR count). The minimum absolute atomic E-state index is 0.411. The van der Waals surface area contributed by atoms with Crippen LogP contribution in [0, 0.1) is 0 Å². The van der Waals surface area contributed by atoms with Gasteiger partial charge < -0.3 is 72.4 Å². The van der Waals surface area contributed by atoms with Crippen LogP contribution in [-0.2, 0) is 71.5 Å². The predicted molar refractivity (Wildman–Crippen MR) is 269 cm³/mol. The number of rotatable bonds is 51. The van der Waals surface area contributed by atoms with E-state index in [2.05, 4.69) is 52.6 Å². The quantitative estimate of drug-likeness (QED) is 0.0624. The van der Waals surface area contributed by atoms with E-state index < -0.39 is 0 Å². The minimum atomic E-state index is 0.411. The zero-order valence-corrected chi connectivity index (χ0v) is 41.6. The Labute approximate surface area is 421 Å². The molecular formula is C48H80N8O15. The van der Waals surface area contributed by atoms with Crippen molar-refractivity contribution in [3.05, 3.63) is 102 Å². The molecule has 0 aromatic heterocycles. The van der Waals surface area contributed by atoms with E-state index in [1.807, 2.05) is 0 Å². The number of hydrogen-bond donors (Lipinski definition) is 0. The molecule has 0 fully saturated rings. The van der Waals surface area contributed by atoms with Crippen LogP contribution in [0.4, 0.5) is 0 Å². The molecule has 402 valence electrons. The fourth-order valence-electron chi connectivity index (χ4n) is 4.29. The van der Waals surface area contributed by atoms with Gasteiger partial charge in [0, 0.05) is 52.4 Å². The summed E-state index contributed by atoms with van der Waals surface area (Å²) in [6, 6.07) is 0. The third kappa shape index (κ3) is 51.1. The summed E-state index contributed by atoms with van der Waals surface area (Å²) in [4.78, 5) is 94.4. The molecule has 0 saturated heterocycles. The molecule has 0 aromatic rings. The van der Waals surface area contributed by atoms with Gasteiger partial charge in [0.15, 0.2) is 0 Å². The maximum atomic E-state index is 10.4. The molecule has 0 unspecified atom stereocenters. The van der Waals surface area contributed by atoms with Crippen molar-refractivity contribution in [1.29, 1.82) is 0 Å². The molecule has 0 N–H and O–H groups in total. The van der Waals surface area contributed by atoms with Crippen molar-refractivity contribution in [3.8, 4) is 0 Å². The number of ether oxygens (including phenoxy) is 7. The summed E-state index contributed by atoms with van der Waals surface area (Å²) in [5.41, 5.74) is 0. The summed E-state index contributed by atoms with van der Waals surface area (Å²) in [6.07, 6.45) is 18.9. The van der Waals surface area contributed by atoms with E-state index in [0.717, 1.165) is 25.7 Å². The summed E-state index contributed by atoms with van der Waals surface area (Å²) in [7, 11) is 0. The summed E-state index contributed by atoms with van der Waals surface area (Å²) >= 11 is 0. The van der Waals surface area contributed by atoms with E-state index in [9.17, 15) is 38.4 Å². The Morgan fingerprint density at radius 2 is 0.338 bits per heavy atom. The summed E-state index contributed by atoms with van der Waals surface area (Å²) in [5.74, 6) is 0. The standard InChI is InChI=1S/2C14H24N2O5.C10H16N2O3.C10H16N2O2/c2*1-3-15(13-17)5-7-19-9-11-21-12-10-20-8-6-16(4-2)14-18;1-3-11(9-13)5-7-15-8-6-12(4-2)10-14;1-3-11(9-13)7-5-6-8-12(4-2)10-14/h2*3-4,13-14H,1-2,5-12H2;3-4,9-10H,1-2,5-8H2;3-4,9-10H,1-2,5-8H2. The third-order valence-corrected chi connectivity index (χ3v) is 8.49. The van der Waals surface area contributed by atoms with E-state index in [4.69, 9.17) is 33.2 Å². The monoisotopic (exact) mass is 1010 g/mol. The molecule has 0 saturated carbocycles. The predicted octanol–water partition coefficient (Wildman–Crippen LogP) is 1.66. The highest BCUT2D eigenvalue weighted by molar-refractivity contribution is 5.51. The Morgan fingerprint density at radius 1 is 0.211 bits per heavy atom. The molecule has 0 atom stereocenters. The molecule has 0 radical (unpaired) electrons. The lowest BCUT2D eigenvalue weighted by Crippen LogP contribution is -2.24. The summed E-state index contributed by atoms with van der Waals surface area (Å²) < 4.78 is 36.9. The maximum absolute atomic E-state index is 10.4. The van der Waals surface area contributed by atoms with Crippen LogP contribution in [0.1, 0.15) is 12.8 Å². The van der Waals surface area contributed by atoms with Gasteiger partial charge in [0.2, 0.25) is 51.3 Å². The van der Waals surface area contributed by atoms with Crippen molar-refractivity contribution in [2.75, 3.05) is 145 Å². The van der Waals surface area contributed by atoms with Crippen molar-refractivity contribution in [3.63, 3.8) is 0 Å². The van der Waals surface area contributed by atoms with Gasteiger partial charge in [0.1, 0.15) is 0 Å². The van der Waals surface area contributed by atoms with Crippen molar-refractivity contribution >= 4 is 51.3 Å². The molecular weight excluding hydrogens is 929 g/mol. The molecule has 0 aliphatic carbocycles. The summed E-state index contributed by atoms with van der Waals surface area (Å²) in [6.45, 7) is 38.2. The van der Waals surface area contributed by atoms with E-state index >= 15 is 0 Å². The number of carbonyl (C=O) groups excluding carboxylic acids is 8. The molecule has 0 aromatic carbocycles. The van der Waals surface area contributed by atoms with Crippen molar-refractivity contribution < 1.29 is 71.5 Å². The van der Waals surface area contributed by atoms with Gasteiger partial charge >= 0.3 is 0 Å². The second kappa shape index (κ2) is 59.5. The number of hydrogen-bond acceptors (Lipinski definition) is 15. The van der Waals surface area contributed by atoms with Gasteiger partial charge in [0.25, 0.3) is 0 Å². The Kier molecular flexibility index (Phi) is 59.5. The lowest BCUT2D eigenvalue weighted by Gasteiger charge is -2.13. The molecule has 0 aliphatic rings. The van der Waals surface area contributed by atoms with E-state index in [1.54, 1.807) is 0 Å². The largest absolute Gasteiger partial charge is 0.378 e. The van der Waals surface area contributed by atoms with Gasteiger partial charge in [-0.25, -0.2) is 0 Å². The Balaban J connectivity index is -0.000000428. The van der Waals surface area contributed by atoms with Crippen LogP contribution in [0.15, 0.2) is 102 Å². The second-order valence-electron chi connectivity index (χ2n) is 13.2. The number of unbranched alkanes of at least 4 members (excludes halogenated alkanes) is 1. The highest BCUT2D eigenvalue weighted by Crippen LogP contribution is 1.96. The van der Waals surface area contributed by atoms with Crippen molar-refractivity contribution in [1.82, 2.24) is 39.2 Å². The maximum Gasteiger partial charge on any atom is 0.213 e. The van der Waals surface area contributed by atoms with Gasteiger partial charge in [-0.15, -0.1) is 0 Å². The fraction of sp³-hybridized carbons (Fsp3) is 0.500. The highest BCUT2D eigenvalue weighted by Gasteiger charge is 2.02. The molecule has 0 aliphatic heterocycles. The van der Waals surface area contributed by atoms with Gasteiger partial charge in [-0.05, 0) is 62.4 Å². The van der Waals surface area contributed by atoms with Crippen LogP contribution < -0.4 is 0 Å². The average Bonchev–Trinajstić information content (AvgIpc) is 3.41. The SMILES string of the molecule is C=CN(C=O)CCCCN(C=C)C=O.C=CN(C=O)CCOCCN(C=C)C=O.C=CN(C=O)CCOCCOCCOCCN(C=C)C=O.C=CN(C=O)CCOCCOCCOCCN(C=C)C=O. The third-order valence-electron chi connectivity index (χ3n) is 8.49. The van der Waals surface area contributed by atoms with Gasteiger partial charge in [-0.1, -0.05) is 52.6 Å². The first-order valence-corrected chi connectivity index (χ1v) is 22.4. The van der Waals surface area contributed by atoms with Crippen LogP contribution >= 0.6 is 0 Å². The van der Waals surface area contributed by atoms with E-state index in [0.29, 0.717) is 183 Å². The zero-order valence-electron chi connectivity index (χ0n) is 41.6. The molecule has 23 nitrogen and oxygen atoms in total. The van der Waals surface area contributed by atoms with Gasteiger partial charge in [-0.3, -0.25) is 38.4 Å². The smallest absolute Gasteiger partial charge is 0.213 e. The molecule has 23 heteroatoms. The summed E-state index contributed by atoms with van der Waals surface area (Å²) in [5, 5.41) is 0. The average molecular weight is 1010 g/mol. The van der Waals surface area contributed by atoms with Gasteiger partial charge in [-0.2, -0.15) is 0 Å². The topological polar surface area (TPSA) is 227 Å². The van der Waals surface area contributed by atoms with Crippen molar-refractivity contribution in [2.45, 2.75) is 12.8 Å². The van der Waals surface area contributed by atoms with Crippen molar-refractivity contribution in [2.24, 2.45) is 0 Å². The second-order valence-corrected chi connectivity index (χ2v) is 13.2. The number of amides is 8. The number of carbonyl (C=O) groups is 8. The molecule has 71 heavy (non-hydrogen) atoms. The highest BCUT2D eigenvalue weighted by atomic mass is 16.5. The fourth-order valence-corrected chi connectivity index (χ4v) is 4.29.